The van der Waals surface area contributed by atoms with Gasteiger partial charge >= 0.3 is 0 Å². The molecule has 2 unspecified atom stereocenters. The van der Waals surface area contributed by atoms with Gasteiger partial charge in [-0.3, -0.25) is 4.90 Å². The van der Waals surface area contributed by atoms with Crippen LogP contribution < -0.4 is 5.32 Å². The molecule has 1 saturated heterocycles. The van der Waals surface area contributed by atoms with Gasteiger partial charge in [0.15, 0.2) is 0 Å². The monoisotopic (exact) mass is 280 g/mol. The molecule has 0 spiro atoms. The highest BCUT2D eigenvalue weighted by Gasteiger charge is 2.23. The van der Waals surface area contributed by atoms with Crippen LogP contribution in [0.5, 0.6) is 5.75 Å². The Hall–Kier alpha value is -1.13. The molecule has 1 heterocycles. The SMILES string of the molecule is CCCN(CC1CCCN1)C(C)c1cc(F)ccc1O. The van der Waals surface area contributed by atoms with E-state index in [1.807, 2.05) is 6.92 Å². The second kappa shape index (κ2) is 7.04. The lowest BCUT2D eigenvalue weighted by molar-refractivity contribution is 0.189. The molecule has 1 aliphatic rings. The molecule has 1 aromatic carbocycles. The molecule has 112 valence electrons. The maximum atomic E-state index is 13.4. The van der Waals surface area contributed by atoms with Crippen molar-refractivity contribution in [2.75, 3.05) is 19.6 Å². The van der Waals surface area contributed by atoms with Crippen LogP contribution in [0.1, 0.15) is 44.7 Å². The number of nitrogens with one attached hydrogen (secondary N) is 1. The minimum Gasteiger partial charge on any atom is -0.508 e. The van der Waals surface area contributed by atoms with E-state index in [1.165, 1.54) is 31.0 Å². The van der Waals surface area contributed by atoms with Crippen LogP contribution in [0.25, 0.3) is 0 Å². The third kappa shape index (κ3) is 3.70. The van der Waals surface area contributed by atoms with Gasteiger partial charge in [-0.05, 0) is 57.5 Å². The molecule has 3 nitrogen and oxygen atoms in total. The van der Waals surface area contributed by atoms with Crippen LogP contribution in [-0.4, -0.2) is 35.7 Å². The number of hydrogen-bond donors (Lipinski definition) is 2. The van der Waals surface area contributed by atoms with E-state index in [1.54, 1.807) is 0 Å². The maximum absolute atomic E-state index is 13.4. The van der Waals surface area contributed by atoms with Crippen LogP contribution in [0, 0.1) is 5.82 Å². The Morgan fingerprint density at radius 2 is 2.30 bits per heavy atom. The molecule has 1 aliphatic heterocycles. The van der Waals surface area contributed by atoms with E-state index >= 15 is 0 Å². The number of benzene rings is 1. The van der Waals surface area contributed by atoms with Crippen molar-refractivity contribution in [2.45, 2.75) is 45.2 Å². The average Bonchev–Trinajstić information content (AvgIpc) is 2.93. The Labute approximate surface area is 120 Å². The summed E-state index contributed by atoms with van der Waals surface area (Å²) in [4.78, 5) is 2.33. The topological polar surface area (TPSA) is 35.5 Å². The molecule has 0 radical (unpaired) electrons. The van der Waals surface area contributed by atoms with Crippen LogP contribution in [0.3, 0.4) is 0 Å². The van der Waals surface area contributed by atoms with Gasteiger partial charge in [0.2, 0.25) is 0 Å². The summed E-state index contributed by atoms with van der Waals surface area (Å²) in [6.07, 6.45) is 3.47. The van der Waals surface area contributed by atoms with Gasteiger partial charge in [-0.25, -0.2) is 4.39 Å². The van der Waals surface area contributed by atoms with Gasteiger partial charge in [-0.1, -0.05) is 6.92 Å². The standard InChI is InChI=1S/C16H25FN2O/c1-3-9-19(11-14-5-4-8-18-14)12(2)15-10-13(17)6-7-16(15)20/h6-7,10,12,14,18,20H,3-5,8-9,11H2,1-2H3. The summed E-state index contributed by atoms with van der Waals surface area (Å²) in [6.45, 7) is 7.18. The van der Waals surface area contributed by atoms with Crippen molar-refractivity contribution in [1.29, 1.82) is 0 Å². The number of nitrogens with zero attached hydrogens (tertiary/aromatic N) is 1. The zero-order valence-electron chi connectivity index (χ0n) is 12.4. The molecule has 0 amide bonds. The summed E-state index contributed by atoms with van der Waals surface area (Å²) < 4.78 is 13.4. The van der Waals surface area contributed by atoms with Crippen molar-refractivity contribution >= 4 is 0 Å². The Morgan fingerprint density at radius 1 is 1.50 bits per heavy atom. The van der Waals surface area contributed by atoms with Gasteiger partial charge in [-0.15, -0.1) is 0 Å². The second-order valence-corrected chi connectivity index (χ2v) is 5.67. The minimum atomic E-state index is -0.292. The van der Waals surface area contributed by atoms with Gasteiger partial charge in [-0.2, -0.15) is 0 Å². The largest absolute Gasteiger partial charge is 0.508 e. The molecular formula is C16H25FN2O. The molecule has 0 aliphatic carbocycles. The van der Waals surface area contributed by atoms with Crippen molar-refractivity contribution < 1.29 is 9.50 Å². The first-order valence-corrected chi connectivity index (χ1v) is 7.57. The summed E-state index contributed by atoms with van der Waals surface area (Å²) in [5, 5.41) is 13.5. The summed E-state index contributed by atoms with van der Waals surface area (Å²) in [5.41, 5.74) is 0.677. The molecule has 2 N–H and O–H groups in total. The molecule has 0 aromatic heterocycles. The molecule has 1 aromatic rings. The molecular weight excluding hydrogens is 255 g/mol. The van der Waals surface area contributed by atoms with E-state index in [0.29, 0.717) is 11.6 Å². The Bertz CT molecular complexity index is 432. The van der Waals surface area contributed by atoms with Gasteiger partial charge in [0.1, 0.15) is 11.6 Å². The summed E-state index contributed by atoms with van der Waals surface area (Å²) >= 11 is 0. The molecule has 4 heteroatoms. The summed E-state index contributed by atoms with van der Waals surface area (Å²) in [5.74, 6) is -0.112. The Kier molecular flexibility index (Phi) is 5.38. The molecule has 0 bridgehead atoms. The lowest BCUT2D eigenvalue weighted by Crippen LogP contribution is -2.39. The number of halogens is 1. The van der Waals surface area contributed by atoms with Crippen molar-refractivity contribution in [1.82, 2.24) is 10.2 Å². The normalized spacial score (nSPS) is 20.5. The quantitative estimate of drug-likeness (QED) is 0.840. The fraction of sp³-hybridized carbons (Fsp3) is 0.625. The molecule has 2 rings (SSSR count). The van der Waals surface area contributed by atoms with Crippen LogP contribution in [0.15, 0.2) is 18.2 Å². The zero-order chi connectivity index (χ0) is 14.5. The van der Waals surface area contributed by atoms with Gasteiger partial charge in [0, 0.05) is 24.2 Å². The summed E-state index contributed by atoms with van der Waals surface area (Å²) in [7, 11) is 0. The minimum absolute atomic E-state index is 0.0213. The van der Waals surface area contributed by atoms with E-state index in [-0.39, 0.29) is 17.6 Å². The third-order valence-corrected chi connectivity index (χ3v) is 4.12. The number of hydrogen-bond acceptors (Lipinski definition) is 3. The summed E-state index contributed by atoms with van der Waals surface area (Å²) in [6, 6.07) is 4.73. The zero-order valence-corrected chi connectivity index (χ0v) is 12.4. The Balaban J connectivity index is 2.12. The van der Waals surface area contributed by atoms with Gasteiger partial charge < -0.3 is 10.4 Å². The number of aromatic hydroxyl groups is 1. The van der Waals surface area contributed by atoms with Gasteiger partial charge in [0.05, 0.1) is 0 Å². The molecule has 1 fully saturated rings. The van der Waals surface area contributed by atoms with Crippen LogP contribution >= 0.6 is 0 Å². The fourth-order valence-electron chi connectivity index (χ4n) is 2.98. The molecule has 0 saturated carbocycles. The van der Waals surface area contributed by atoms with E-state index in [4.69, 9.17) is 0 Å². The predicted octanol–water partition coefficient (Wildman–Crippen LogP) is 3.06. The van der Waals surface area contributed by atoms with E-state index in [2.05, 4.69) is 17.1 Å². The molecule has 2 atom stereocenters. The fourth-order valence-corrected chi connectivity index (χ4v) is 2.98. The first-order chi connectivity index (χ1) is 9.61. The number of phenolic OH excluding ortho intramolecular Hbond substituents is 1. The van der Waals surface area contributed by atoms with Gasteiger partial charge in [0.25, 0.3) is 0 Å². The highest BCUT2D eigenvalue weighted by Crippen LogP contribution is 2.29. The highest BCUT2D eigenvalue weighted by atomic mass is 19.1. The Morgan fingerprint density at radius 3 is 2.95 bits per heavy atom. The van der Waals surface area contributed by atoms with Crippen molar-refractivity contribution in [3.8, 4) is 5.75 Å². The first kappa shape index (κ1) is 15.3. The van der Waals surface area contributed by atoms with E-state index in [0.717, 1.165) is 26.1 Å². The molecule has 20 heavy (non-hydrogen) atoms. The second-order valence-electron chi connectivity index (χ2n) is 5.67. The lowest BCUT2D eigenvalue weighted by Gasteiger charge is -2.31. The maximum Gasteiger partial charge on any atom is 0.123 e. The van der Waals surface area contributed by atoms with Crippen molar-refractivity contribution in [2.24, 2.45) is 0 Å². The van der Waals surface area contributed by atoms with Crippen LogP contribution in [0.2, 0.25) is 0 Å². The average molecular weight is 280 g/mol. The third-order valence-electron chi connectivity index (χ3n) is 4.12. The first-order valence-electron chi connectivity index (χ1n) is 7.57. The highest BCUT2D eigenvalue weighted by molar-refractivity contribution is 5.35. The van der Waals surface area contributed by atoms with Crippen molar-refractivity contribution in [3.63, 3.8) is 0 Å². The van der Waals surface area contributed by atoms with Crippen LogP contribution in [-0.2, 0) is 0 Å². The predicted molar refractivity (Wildman–Crippen MR) is 79.4 cm³/mol. The van der Waals surface area contributed by atoms with Crippen molar-refractivity contribution in [3.05, 3.63) is 29.6 Å². The smallest absolute Gasteiger partial charge is 0.123 e. The van der Waals surface area contributed by atoms with E-state index < -0.39 is 0 Å². The number of phenols is 1. The van der Waals surface area contributed by atoms with Crippen LogP contribution in [0.4, 0.5) is 4.39 Å². The lowest BCUT2D eigenvalue weighted by atomic mass is 10.0. The van der Waals surface area contributed by atoms with E-state index in [9.17, 15) is 9.50 Å². The number of rotatable bonds is 6.